The minimum Gasteiger partial charge on any atom is -0.314 e. The zero-order valence-electron chi connectivity index (χ0n) is 10.5. The van der Waals surface area contributed by atoms with Crippen LogP contribution in [0.3, 0.4) is 0 Å². The molecule has 90 valence electrons. The maximum absolute atomic E-state index is 3.69. The van der Waals surface area contributed by atoms with Gasteiger partial charge in [0.2, 0.25) is 0 Å². The van der Waals surface area contributed by atoms with Gasteiger partial charge in [-0.25, -0.2) is 0 Å². The highest BCUT2D eigenvalue weighted by atomic mass is 32.2. The van der Waals surface area contributed by atoms with Gasteiger partial charge in [0.15, 0.2) is 0 Å². The van der Waals surface area contributed by atoms with Crippen molar-refractivity contribution < 1.29 is 0 Å². The van der Waals surface area contributed by atoms with E-state index in [1.165, 1.54) is 44.6 Å². The molecule has 1 N–H and O–H groups in total. The molecule has 2 unspecified atom stereocenters. The third-order valence-corrected chi connectivity index (χ3v) is 4.08. The second-order valence-electron chi connectivity index (χ2n) is 4.50. The quantitative estimate of drug-likeness (QED) is 0.704. The van der Waals surface area contributed by atoms with Crippen molar-refractivity contribution in [2.24, 2.45) is 0 Å². The van der Waals surface area contributed by atoms with Crippen molar-refractivity contribution in [1.29, 1.82) is 0 Å². The molecule has 1 aliphatic heterocycles. The molecular formula is C12H26N2S. The van der Waals surface area contributed by atoms with Crippen molar-refractivity contribution in [2.75, 3.05) is 31.6 Å². The van der Waals surface area contributed by atoms with Gasteiger partial charge < -0.3 is 10.2 Å². The SMILES string of the molecule is CCN1CCC(NCCCSC)CC1C. The van der Waals surface area contributed by atoms with Crippen LogP contribution in [0.1, 0.15) is 33.1 Å². The van der Waals surface area contributed by atoms with Gasteiger partial charge in [-0.15, -0.1) is 0 Å². The standard InChI is InChI=1S/C12H26N2S/c1-4-14-8-6-12(10-11(14)2)13-7-5-9-15-3/h11-13H,4-10H2,1-3H3. The van der Waals surface area contributed by atoms with Gasteiger partial charge in [0.1, 0.15) is 0 Å². The molecule has 0 amide bonds. The Labute approximate surface area is 99.2 Å². The third kappa shape index (κ3) is 4.75. The number of rotatable bonds is 6. The van der Waals surface area contributed by atoms with E-state index in [1.54, 1.807) is 0 Å². The minimum absolute atomic E-state index is 0.766. The van der Waals surface area contributed by atoms with Gasteiger partial charge in [-0.05, 0) is 57.8 Å². The largest absolute Gasteiger partial charge is 0.314 e. The maximum Gasteiger partial charge on any atom is 0.00940 e. The van der Waals surface area contributed by atoms with E-state index in [1.807, 2.05) is 11.8 Å². The molecule has 0 aromatic carbocycles. The van der Waals surface area contributed by atoms with Crippen LogP contribution >= 0.6 is 11.8 Å². The first-order valence-electron chi connectivity index (χ1n) is 6.24. The van der Waals surface area contributed by atoms with E-state index >= 15 is 0 Å². The number of likely N-dealkylation sites (tertiary alicyclic amines) is 1. The van der Waals surface area contributed by atoms with E-state index in [2.05, 4.69) is 30.3 Å². The number of thioether (sulfide) groups is 1. The number of hydrogen-bond donors (Lipinski definition) is 1. The van der Waals surface area contributed by atoms with Crippen molar-refractivity contribution in [1.82, 2.24) is 10.2 Å². The van der Waals surface area contributed by atoms with Crippen molar-refractivity contribution in [3.8, 4) is 0 Å². The molecular weight excluding hydrogens is 204 g/mol. The lowest BCUT2D eigenvalue weighted by Crippen LogP contribution is -2.47. The Kier molecular flexibility index (Phi) is 6.69. The second-order valence-corrected chi connectivity index (χ2v) is 5.48. The Morgan fingerprint density at radius 1 is 1.47 bits per heavy atom. The molecule has 0 aromatic heterocycles. The fourth-order valence-electron chi connectivity index (χ4n) is 2.40. The first kappa shape index (κ1) is 13.3. The zero-order chi connectivity index (χ0) is 11.1. The predicted molar refractivity (Wildman–Crippen MR) is 70.7 cm³/mol. The molecule has 1 rings (SSSR count). The molecule has 0 aliphatic carbocycles. The van der Waals surface area contributed by atoms with Crippen molar-refractivity contribution in [3.05, 3.63) is 0 Å². The van der Waals surface area contributed by atoms with Gasteiger partial charge in [0.05, 0.1) is 0 Å². The summed E-state index contributed by atoms with van der Waals surface area (Å²) >= 11 is 1.94. The molecule has 1 saturated heterocycles. The highest BCUT2D eigenvalue weighted by Gasteiger charge is 2.23. The topological polar surface area (TPSA) is 15.3 Å². The average molecular weight is 230 g/mol. The monoisotopic (exact) mass is 230 g/mol. The zero-order valence-corrected chi connectivity index (χ0v) is 11.3. The Hall–Kier alpha value is 0.270. The predicted octanol–water partition coefficient (Wildman–Crippen LogP) is 2.20. The summed E-state index contributed by atoms with van der Waals surface area (Å²) in [4.78, 5) is 2.58. The Morgan fingerprint density at radius 2 is 2.27 bits per heavy atom. The Bertz CT molecular complexity index is 164. The van der Waals surface area contributed by atoms with Crippen LogP contribution in [0.4, 0.5) is 0 Å². The van der Waals surface area contributed by atoms with E-state index in [4.69, 9.17) is 0 Å². The lowest BCUT2D eigenvalue weighted by Gasteiger charge is -2.37. The molecule has 15 heavy (non-hydrogen) atoms. The summed E-state index contributed by atoms with van der Waals surface area (Å²) in [6.07, 6.45) is 6.15. The number of nitrogens with one attached hydrogen (secondary N) is 1. The summed E-state index contributed by atoms with van der Waals surface area (Å²) in [7, 11) is 0. The van der Waals surface area contributed by atoms with Gasteiger partial charge >= 0.3 is 0 Å². The van der Waals surface area contributed by atoms with Gasteiger partial charge in [-0.3, -0.25) is 0 Å². The average Bonchev–Trinajstić information content (AvgIpc) is 2.25. The second kappa shape index (κ2) is 7.53. The van der Waals surface area contributed by atoms with E-state index in [-0.39, 0.29) is 0 Å². The van der Waals surface area contributed by atoms with E-state index < -0.39 is 0 Å². The van der Waals surface area contributed by atoms with Gasteiger partial charge in [0.25, 0.3) is 0 Å². The minimum atomic E-state index is 0.766. The molecule has 0 bridgehead atoms. The number of hydrogen-bond acceptors (Lipinski definition) is 3. The van der Waals surface area contributed by atoms with E-state index in [0.717, 1.165) is 12.1 Å². The molecule has 0 aromatic rings. The van der Waals surface area contributed by atoms with E-state index in [9.17, 15) is 0 Å². The first-order chi connectivity index (χ1) is 7.27. The van der Waals surface area contributed by atoms with Crippen LogP contribution in [0, 0.1) is 0 Å². The summed E-state index contributed by atoms with van der Waals surface area (Å²) in [6.45, 7) is 8.31. The normalized spacial score (nSPS) is 28.2. The molecule has 0 saturated carbocycles. The molecule has 1 fully saturated rings. The third-order valence-electron chi connectivity index (χ3n) is 3.38. The summed E-state index contributed by atoms with van der Waals surface area (Å²) in [5.41, 5.74) is 0. The van der Waals surface area contributed by atoms with Gasteiger partial charge in [-0.1, -0.05) is 6.92 Å². The maximum atomic E-state index is 3.69. The summed E-state index contributed by atoms with van der Waals surface area (Å²) in [6, 6.07) is 1.53. The molecule has 1 aliphatic rings. The summed E-state index contributed by atoms with van der Waals surface area (Å²) < 4.78 is 0. The van der Waals surface area contributed by atoms with Crippen LogP contribution in [-0.4, -0.2) is 48.6 Å². The van der Waals surface area contributed by atoms with Crippen molar-refractivity contribution in [2.45, 2.75) is 45.2 Å². The number of nitrogens with zero attached hydrogens (tertiary/aromatic N) is 1. The van der Waals surface area contributed by atoms with Gasteiger partial charge in [0, 0.05) is 12.1 Å². The summed E-state index contributed by atoms with van der Waals surface area (Å²) in [5.74, 6) is 1.29. The van der Waals surface area contributed by atoms with Crippen molar-refractivity contribution >= 4 is 11.8 Å². The Balaban J connectivity index is 2.11. The molecule has 3 heteroatoms. The molecule has 2 atom stereocenters. The molecule has 2 nitrogen and oxygen atoms in total. The van der Waals surface area contributed by atoms with Crippen LogP contribution in [0.2, 0.25) is 0 Å². The molecule has 1 heterocycles. The molecule has 0 radical (unpaired) electrons. The Morgan fingerprint density at radius 3 is 2.87 bits per heavy atom. The van der Waals surface area contributed by atoms with Crippen LogP contribution in [-0.2, 0) is 0 Å². The van der Waals surface area contributed by atoms with Gasteiger partial charge in [-0.2, -0.15) is 11.8 Å². The number of piperidine rings is 1. The first-order valence-corrected chi connectivity index (χ1v) is 7.63. The van der Waals surface area contributed by atoms with Crippen LogP contribution < -0.4 is 5.32 Å². The summed E-state index contributed by atoms with van der Waals surface area (Å²) in [5, 5.41) is 3.69. The molecule has 0 spiro atoms. The van der Waals surface area contributed by atoms with Crippen LogP contribution in [0.15, 0.2) is 0 Å². The van der Waals surface area contributed by atoms with Crippen LogP contribution in [0.5, 0.6) is 0 Å². The smallest absolute Gasteiger partial charge is 0.00940 e. The fraction of sp³-hybridized carbons (Fsp3) is 1.00. The lowest BCUT2D eigenvalue weighted by molar-refractivity contribution is 0.143. The van der Waals surface area contributed by atoms with E-state index in [0.29, 0.717) is 0 Å². The fourth-order valence-corrected chi connectivity index (χ4v) is 2.83. The van der Waals surface area contributed by atoms with Crippen LogP contribution in [0.25, 0.3) is 0 Å². The van der Waals surface area contributed by atoms with Crippen molar-refractivity contribution in [3.63, 3.8) is 0 Å². The highest BCUT2D eigenvalue weighted by Crippen LogP contribution is 2.16. The lowest BCUT2D eigenvalue weighted by atomic mass is 9.98. The highest BCUT2D eigenvalue weighted by molar-refractivity contribution is 7.98.